The number of furan rings is 1. The molecule has 0 aliphatic heterocycles. The lowest BCUT2D eigenvalue weighted by Crippen LogP contribution is -2.45. The van der Waals surface area contributed by atoms with Crippen molar-refractivity contribution in [1.29, 1.82) is 0 Å². The van der Waals surface area contributed by atoms with Gasteiger partial charge in [-0.3, -0.25) is 4.79 Å². The Kier molecular flexibility index (Phi) is 4.54. The molecule has 2 saturated carbocycles. The van der Waals surface area contributed by atoms with Crippen molar-refractivity contribution in [1.82, 2.24) is 5.32 Å². The molecule has 5 heteroatoms. The Morgan fingerprint density at radius 1 is 1.26 bits per heavy atom. The highest BCUT2D eigenvalue weighted by Gasteiger charge is 2.55. The van der Waals surface area contributed by atoms with E-state index in [1.165, 1.54) is 18.1 Å². The average molecular weight is 367 g/mol. The maximum Gasteiger partial charge on any atom is 0.339 e. The van der Waals surface area contributed by atoms with Gasteiger partial charge in [-0.05, 0) is 56.1 Å². The van der Waals surface area contributed by atoms with Crippen molar-refractivity contribution in [2.24, 2.45) is 17.3 Å². The van der Waals surface area contributed by atoms with Crippen LogP contribution >= 0.6 is 0 Å². The Labute approximate surface area is 158 Å². The first-order valence-electron chi connectivity index (χ1n) is 9.63. The van der Waals surface area contributed by atoms with Gasteiger partial charge in [0.1, 0.15) is 17.1 Å². The second-order valence-electron chi connectivity index (χ2n) is 8.07. The lowest BCUT2D eigenvalue weighted by atomic mass is 9.68. The molecule has 1 amide bonds. The molecule has 1 heterocycles. The van der Waals surface area contributed by atoms with Crippen molar-refractivity contribution in [3.8, 4) is 0 Å². The number of carbonyl (C=O) groups is 2. The third-order valence-corrected chi connectivity index (χ3v) is 6.41. The summed E-state index contributed by atoms with van der Waals surface area (Å²) in [4.78, 5) is 24.5. The first-order valence-corrected chi connectivity index (χ1v) is 9.63. The van der Waals surface area contributed by atoms with Crippen LogP contribution in [0.3, 0.4) is 0 Å². The van der Waals surface area contributed by atoms with Crippen LogP contribution in [0, 0.1) is 24.2 Å². The molecule has 0 saturated heterocycles. The number of aromatic carboxylic acids is 1. The third-order valence-electron chi connectivity index (χ3n) is 6.41. The normalized spacial score (nSPS) is 26.3. The van der Waals surface area contributed by atoms with Gasteiger partial charge in [0, 0.05) is 0 Å². The zero-order chi connectivity index (χ0) is 19.0. The van der Waals surface area contributed by atoms with Gasteiger partial charge < -0.3 is 14.8 Å². The number of fused-ring (bicyclic) bond motifs is 2. The van der Waals surface area contributed by atoms with E-state index in [1.807, 2.05) is 18.2 Å². The van der Waals surface area contributed by atoms with Crippen LogP contribution in [0.1, 0.15) is 53.1 Å². The van der Waals surface area contributed by atoms with Gasteiger partial charge in [-0.2, -0.15) is 0 Å². The number of hydrogen-bond acceptors (Lipinski definition) is 3. The van der Waals surface area contributed by atoms with Gasteiger partial charge in [-0.15, -0.1) is 0 Å². The average Bonchev–Trinajstić information content (AvgIpc) is 3.35. The van der Waals surface area contributed by atoms with Crippen LogP contribution in [0.4, 0.5) is 0 Å². The fraction of sp³-hybridized carbons (Fsp3) is 0.455. The summed E-state index contributed by atoms with van der Waals surface area (Å²) < 4.78 is 5.51. The number of rotatable bonds is 6. The predicted molar refractivity (Wildman–Crippen MR) is 100 cm³/mol. The highest BCUT2D eigenvalue weighted by molar-refractivity contribution is 5.89. The van der Waals surface area contributed by atoms with E-state index in [-0.39, 0.29) is 23.4 Å². The van der Waals surface area contributed by atoms with Crippen LogP contribution in [0.15, 0.2) is 40.8 Å². The molecule has 2 fully saturated rings. The van der Waals surface area contributed by atoms with Gasteiger partial charge in [0.25, 0.3) is 0 Å². The number of carbonyl (C=O) groups excluding carboxylic acids is 1. The van der Waals surface area contributed by atoms with Gasteiger partial charge >= 0.3 is 5.97 Å². The lowest BCUT2D eigenvalue weighted by Gasteiger charge is -2.36. The van der Waals surface area contributed by atoms with E-state index >= 15 is 0 Å². The van der Waals surface area contributed by atoms with Crippen LogP contribution in [0.5, 0.6) is 0 Å². The molecule has 2 aromatic rings. The lowest BCUT2D eigenvalue weighted by molar-refractivity contribution is -0.134. The molecular formula is C22H25NO4. The van der Waals surface area contributed by atoms with Gasteiger partial charge in [0.2, 0.25) is 5.91 Å². The molecular weight excluding hydrogens is 342 g/mol. The van der Waals surface area contributed by atoms with Crippen LogP contribution < -0.4 is 5.32 Å². The summed E-state index contributed by atoms with van der Waals surface area (Å²) in [5.41, 5.74) is 0.988. The predicted octanol–water partition coefficient (Wildman–Crippen LogP) is 3.95. The van der Waals surface area contributed by atoms with Crippen molar-refractivity contribution in [3.05, 3.63) is 59.0 Å². The number of nitrogens with one attached hydrogen (secondary N) is 1. The Balaban J connectivity index is 1.51. The molecule has 2 aliphatic carbocycles. The SMILES string of the molecule is Cc1oc(CNC(=O)C2(Cc3ccccc3)CC3CCC2C3)cc1C(=O)O. The Morgan fingerprint density at radius 2 is 2.04 bits per heavy atom. The second kappa shape index (κ2) is 6.87. The molecule has 1 aromatic heterocycles. The quantitative estimate of drug-likeness (QED) is 0.810. The zero-order valence-electron chi connectivity index (χ0n) is 15.5. The van der Waals surface area contributed by atoms with Crippen molar-refractivity contribution < 1.29 is 19.1 Å². The summed E-state index contributed by atoms with van der Waals surface area (Å²) in [6.07, 6.45) is 5.19. The highest BCUT2D eigenvalue weighted by atomic mass is 16.4. The monoisotopic (exact) mass is 367 g/mol. The number of hydrogen-bond donors (Lipinski definition) is 2. The van der Waals surface area contributed by atoms with Gasteiger partial charge in [-0.1, -0.05) is 36.8 Å². The second-order valence-corrected chi connectivity index (χ2v) is 8.07. The van der Waals surface area contributed by atoms with E-state index in [9.17, 15) is 9.59 Å². The van der Waals surface area contributed by atoms with E-state index < -0.39 is 5.97 Å². The Bertz CT molecular complexity index is 856. The fourth-order valence-electron chi connectivity index (χ4n) is 5.17. The van der Waals surface area contributed by atoms with Crippen molar-refractivity contribution in [3.63, 3.8) is 0 Å². The molecule has 0 spiro atoms. The van der Waals surface area contributed by atoms with E-state index in [1.54, 1.807) is 6.92 Å². The van der Waals surface area contributed by atoms with E-state index in [2.05, 4.69) is 17.4 Å². The summed E-state index contributed by atoms with van der Waals surface area (Å²) >= 11 is 0. The molecule has 2 bridgehead atoms. The summed E-state index contributed by atoms with van der Waals surface area (Å²) in [6.45, 7) is 1.85. The maximum absolute atomic E-state index is 13.3. The molecule has 3 atom stereocenters. The van der Waals surface area contributed by atoms with Crippen LogP contribution in [-0.4, -0.2) is 17.0 Å². The minimum atomic E-state index is -1.01. The molecule has 4 rings (SSSR count). The van der Waals surface area contributed by atoms with Crippen molar-refractivity contribution >= 4 is 11.9 Å². The first kappa shape index (κ1) is 17.8. The van der Waals surface area contributed by atoms with E-state index in [0.717, 1.165) is 25.7 Å². The van der Waals surface area contributed by atoms with Gasteiger partial charge in [0.05, 0.1) is 12.0 Å². The standard InChI is InChI=1S/C22H25NO4/c1-14-19(20(24)25)10-18(27-14)13-23-21(26)22(11-15-5-3-2-4-6-15)12-16-7-8-17(22)9-16/h2-6,10,16-17H,7-9,11-13H2,1H3,(H,23,26)(H,24,25). The smallest absolute Gasteiger partial charge is 0.339 e. The maximum atomic E-state index is 13.3. The topological polar surface area (TPSA) is 79.5 Å². The zero-order valence-corrected chi connectivity index (χ0v) is 15.5. The third kappa shape index (κ3) is 3.27. The molecule has 142 valence electrons. The molecule has 5 nitrogen and oxygen atoms in total. The largest absolute Gasteiger partial charge is 0.478 e. The molecule has 27 heavy (non-hydrogen) atoms. The van der Waals surface area contributed by atoms with E-state index in [4.69, 9.17) is 9.52 Å². The van der Waals surface area contributed by atoms with Crippen molar-refractivity contribution in [2.75, 3.05) is 0 Å². The summed E-state index contributed by atoms with van der Waals surface area (Å²) in [6, 6.07) is 11.7. The molecule has 1 aromatic carbocycles. The van der Waals surface area contributed by atoms with Gasteiger partial charge in [-0.25, -0.2) is 4.79 Å². The number of carboxylic acid groups (broad SMARTS) is 1. The highest BCUT2D eigenvalue weighted by Crippen LogP contribution is 2.57. The van der Waals surface area contributed by atoms with Crippen LogP contribution in [-0.2, 0) is 17.8 Å². The van der Waals surface area contributed by atoms with E-state index in [0.29, 0.717) is 23.4 Å². The van der Waals surface area contributed by atoms with Crippen LogP contribution in [0.2, 0.25) is 0 Å². The molecule has 2 aliphatic rings. The van der Waals surface area contributed by atoms with Crippen LogP contribution in [0.25, 0.3) is 0 Å². The Hall–Kier alpha value is -2.56. The molecule has 0 radical (unpaired) electrons. The summed E-state index contributed by atoms with van der Waals surface area (Å²) in [5, 5.41) is 12.2. The number of aryl methyl sites for hydroxylation is 1. The number of benzene rings is 1. The minimum absolute atomic E-state index is 0.0736. The van der Waals surface area contributed by atoms with Crippen molar-refractivity contribution in [2.45, 2.75) is 45.6 Å². The number of amides is 1. The Morgan fingerprint density at radius 3 is 2.63 bits per heavy atom. The summed E-state index contributed by atoms with van der Waals surface area (Å²) in [5.74, 6) is 0.985. The fourth-order valence-corrected chi connectivity index (χ4v) is 5.17. The molecule has 2 N–H and O–H groups in total. The first-order chi connectivity index (χ1) is 13.0. The van der Waals surface area contributed by atoms with Gasteiger partial charge in [0.15, 0.2) is 0 Å². The summed E-state index contributed by atoms with van der Waals surface area (Å²) in [7, 11) is 0. The minimum Gasteiger partial charge on any atom is -0.478 e. The number of carboxylic acids is 1. The molecule has 3 unspecified atom stereocenters.